The number of thioether (sulfide) groups is 1. The van der Waals surface area contributed by atoms with Gasteiger partial charge in [-0.3, -0.25) is 4.79 Å². The summed E-state index contributed by atoms with van der Waals surface area (Å²) in [5.41, 5.74) is 5.59. The van der Waals surface area contributed by atoms with Crippen molar-refractivity contribution in [1.29, 1.82) is 0 Å². The molecule has 82 valence electrons. The fourth-order valence-electron chi connectivity index (χ4n) is 1.53. The molecule has 0 spiro atoms. The zero-order valence-corrected chi connectivity index (χ0v) is 10.1. The average molecular weight is 216 g/mol. The van der Waals surface area contributed by atoms with Gasteiger partial charge in [-0.1, -0.05) is 13.8 Å². The van der Waals surface area contributed by atoms with Gasteiger partial charge in [-0.25, -0.2) is 0 Å². The number of hydrogen-bond donors (Lipinski definition) is 1. The Morgan fingerprint density at radius 1 is 1.50 bits per heavy atom. The minimum Gasteiger partial charge on any atom is -0.340 e. The largest absolute Gasteiger partial charge is 0.340 e. The summed E-state index contributed by atoms with van der Waals surface area (Å²) in [5, 5.41) is 0. The van der Waals surface area contributed by atoms with Crippen molar-refractivity contribution in [2.75, 3.05) is 18.8 Å². The third-order valence-corrected chi connectivity index (χ3v) is 3.91. The third-order valence-electron chi connectivity index (χ3n) is 2.54. The van der Waals surface area contributed by atoms with Gasteiger partial charge >= 0.3 is 0 Å². The van der Waals surface area contributed by atoms with Gasteiger partial charge in [0.15, 0.2) is 0 Å². The van der Waals surface area contributed by atoms with Crippen molar-refractivity contribution in [2.45, 2.75) is 38.0 Å². The summed E-state index contributed by atoms with van der Waals surface area (Å²) in [5.74, 6) is 1.11. The zero-order chi connectivity index (χ0) is 10.8. The summed E-state index contributed by atoms with van der Waals surface area (Å²) in [7, 11) is 0. The van der Waals surface area contributed by atoms with E-state index in [-0.39, 0.29) is 11.9 Å². The number of rotatable bonds is 1. The van der Waals surface area contributed by atoms with Gasteiger partial charge in [0.1, 0.15) is 0 Å². The van der Waals surface area contributed by atoms with Crippen LogP contribution < -0.4 is 5.73 Å². The van der Waals surface area contributed by atoms with Gasteiger partial charge in [0.05, 0.1) is 6.04 Å². The highest BCUT2D eigenvalue weighted by Gasteiger charge is 2.26. The lowest BCUT2D eigenvalue weighted by atomic mass is 10.1. The molecule has 1 heterocycles. The van der Waals surface area contributed by atoms with Crippen molar-refractivity contribution in [3.05, 3.63) is 0 Å². The van der Waals surface area contributed by atoms with Crippen LogP contribution in [0.25, 0.3) is 0 Å². The van der Waals surface area contributed by atoms with Gasteiger partial charge in [-0.15, -0.1) is 0 Å². The number of nitrogens with two attached hydrogens (primary N) is 1. The fraction of sp³-hybridized carbons (Fsp3) is 0.900. The van der Waals surface area contributed by atoms with E-state index >= 15 is 0 Å². The number of amides is 1. The minimum absolute atomic E-state index is 0.0864. The molecular formula is C10H20N2OS. The quantitative estimate of drug-likeness (QED) is 0.713. The molecule has 2 N–H and O–H groups in total. The van der Waals surface area contributed by atoms with Crippen LogP contribution in [0, 0.1) is 0 Å². The van der Waals surface area contributed by atoms with Crippen LogP contribution in [-0.2, 0) is 4.79 Å². The molecule has 0 aromatic carbocycles. The van der Waals surface area contributed by atoms with Crippen LogP contribution in [0.3, 0.4) is 0 Å². The minimum atomic E-state index is -0.360. The van der Waals surface area contributed by atoms with E-state index in [9.17, 15) is 4.79 Å². The molecule has 0 aromatic rings. The van der Waals surface area contributed by atoms with Crippen LogP contribution in [0.4, 0.5) is 0 Å². The van der Waals surface area contributed by atoms with Crippen LogP contribution in [0.1, 0.15) is 27.2 Å². The lowest BCUT2D eigenvalue weighted by molar-refractivity contribution is -0.131. The molecule has 1 fully saturated rings. The Labute approximate surface area is 90.4 Å². The first kappa shape index (κ1) is 11.9. The number of hydrogen-bond acceptors (Lipinski definition) is 3. The summed E-state index contributed by atoms with van der Waals surface area (Å²) in [4.78, 5) is 13.5. The lowest BCUT2D eigenvalue weighted by Crippen LogP contribution is -2.43. The summed E-state index contributed by atoms with van der Waals surface area (Å²) in [6, 6.07) is -0.360. The number of nitrogens with zero attached hydrogens (tertiary/aromatic N) is 1. The summed E-state index contributed by atoms with van der Waals surface area (Å²) < 4.78 is 0.298. The lowest BCUT2D eigenvalue weighted by Gasteiger charge is -2.23. The van der Waals surface area contributed by atoms with Gasteiger partial charge in [0, 0.05) is 23.6 Å². The number of carbonyl (C=O) groups excluding carboxylic acids is 1. The predicted octanol–water partition coefficient (Wildman–Crippen LogP) is 1.08. The van der Waals surface area contributed by atoms with E-state index in [2.05, 4.69) is 13.8 Å². The Morgan fingerprint density at radius 3 is 2.71 bits per heavy atom. The van der Waals surface area contributed by atoms with E-state index in [1.165, 1.54) is 0 Å². The second-order valence-electron chi connectivity index (χ2n) is 4.47. The molecule has 0 aromatic heterocycles. The second-order valence-corrected chi connectivity index (χ2v) is 6.27. The molecule has 1 saturated heterocycles. The van der Waals surface area contributed by atoms with E-state index in [1.807, 2.05) is 16.7 Å². The Bertz CT molecular complexity index is 216. The van der Waals surface area contributed by atoms with Crippen molar-refractivity contribution < 1.29 is 4.79 Å². The molecule has 0 unspecified atom stereocenters. The standard InChI is InChI=1S/C10H20N2OS/c1-8(11)9(13)12-5-4-10(2,3)14-7-6-12/h8H,4-7,11H2,1-3H3/t8-/m1/s1. The van der Waals surface area contributed by atoms with Crippen molar-refractivity contribution in [1.82, 2.24) is 4.90 Å². The summed E-state index contributed by atoms with van der Waals surface area (Å²) in [6.45, 7) is 7.91. The SMILES string of the molecule is C[C@@H](N)C(=O)N1CCSC(C)(C)CC1. The summed E-state index contributed by atoms with van der Waals surface area (Å²) >= 11 is 1.94. The van der Waals surface area contributed by atoms with Gasteiger partial charge in [0.2, 0.25) is 5.91 Å². The highest BCUT2D eigenvalue weighted by Crippen LogP contribution is 2.30. The highest BCUT2D eigenvalue weighted by molar-refractivity contribution is 8.00. The smallest absolute Gasteiger partial charge is 0.239 e. The molecule has 1 aliphatic rings. The third kappa shape index (κ3) is 3.17. The van der Waals surface area contributed by atoms with Crippen molar-refractivity contribution in [3.63, 3.8) is 0 Å². The van der Waals surface area contributed by atoms with E-state index in [4.69, 9.17) is 5.73 Å². The maximum atomic E-state index is 11.7. The normalized spacial score (nSPS) is 24.1. The summed E-state index contributed by atoms with van der Waals surface area (Å²) in [6.07, 6.45) is 1.05. The van der Waals surface area contributed by atoms with Gasteiger partial charge in [0.25, 0.3) is 0 Å². The predicted molar refractivity (Wildman–Crippen MR) is 61.4 cm³/mol. The molecule has 4 heteroatoms. The Kier molecular flexibility index (Phi) is 3.84. The van der Waals surface area contributed by atoms with E-state index in [1.54, 1.807) is 6.92 Å². The van der Waals surface area contributed by atoms with Crippen molar-refractivity contribution in [2.24, 2.45) is 5.73 Å². The first-order valence-corrected chi connectivity index (χ1v) is 6.09. The topological polar surface area (TPSA) is 46.3 Å². The van der Waals surface area contributed by atoms with Crippen molar-refractivity contribution >= 4 is 17.7 Å². The van der Waals surface area contributed by atoms with E-state index < -0.39 is 0 Å². The second kappa shape index (κ2) is 4.53. The Morgan fingerprint density at radius 2 is 2.14 bits per heavy atom. The fourth-order valence-corrected chi connectivity index (χ4v) is 2.63. The Balaban J connectivity index is 2.54. The molecule has 1 rings (SSSR count). The first-order valence-electron chi connectivity index (χ1n) is 5.11. The zero-order valence-electron chi connectivity index (χ0n) is 9.25. The average Bonchev–Trinajstić information content (AvgIpc) is 2.25. The van der Waals surface area contributed by atoms with Crippen LogP contribution in [-0.4, -0.2) is 40.4 Å². The molecule has 1 amide bonds. The molecular weight excluding hydrogens is 196 g/mol. The molecule has 0 saturated carbocycles. The maximum absolute atomic E-state index is 11.7. The molecule has 1 atom stereocenters. The molecule has 3 nitrogen and oxygen atoms in total. The highest BCUT2D eigenvalue weighted by atomic mass is 32.2. The molecule has 0 bridgehead atoms. The van der Waals surface area contributed by atoms with Crippen molar-refractivity contribution in [3.8, 4) is 0 Å². The van der Waals surface area contributed by atoms with Gasteiger partial charge in [-0.05, 0) is 13.3 Å². The van der Waals surface area contributed by atoms with Crippen LogP contribution in [0.15, 0.2) is 0 Å². The van der Waals surface area contributed by atoms with E-state index in [0.29, 0.717) is 4.75 Å². The van der Waals surface area contributed by atoms with Crippen LogP contribution in [0.2, 0.25) is 0 Å². The van der Waals surface area contributed by atoms with Gasteiger partial charge < -0.3 is 10.6 Å². The van der Waals surface area contributed by atoms with Crippen LogP contribution in [0.5, 0.6) is 0 Å². The molecule has 0 aliphatic carbocycles. The molecule has 0 radical (unpaired) electrons. The molecule has 1 aliphatic heterocycles. The Hall–Kier alpha value is -0.220. The molecule has 14 heavy (non-hydrogen) atoms. The van der Waals surface area contributed by atoms with Crippen LogP contribution >= 0.6 is 11.8 Å². The monoisotopic (exact) mass is 216 g/mol. The van der Waals surface area contributed by atoms with Gasteiger partial charge in [-0.2, -0.15) is 11.8 Å². The maximum Gasteiger partial charge on any atom is 0.239 e. The number of carbonyl (C=O) groups is 1. The first-order chi connectivity index (χ1) is 6.42. The van der Waals surface area contributed by atoms with E-state index in [0.717, 1.165) is 25.3 Å².